The fourth-order valence-electron chi connectivity index (χ4n) is 2.02. The Kier molecular flexibility index (Phi) is 8.66. The molecule has 0 aromatic heterocycles. The number of rotatable bonds is 1. The number of aryl methyl sites for hydroxylation is 3. The molecule has 0 fully saturated rings. The molecule has 3 aromatic rings. The lowest BCUT2D eigenvalue weighted by molar-refractivity contribution is -0.388. The highest BCUT2D eigenvalue weighted by molar-refractivity contribution is 5.51. The van der Waals surface area contributed by atoms with E-state index in [-0.39, 0.29) is 17.1 Å². The summed E-state index contributed by atoms with van der Waals surface area (Å²) in [6, 6.07) is 10.5. The number of nitrogens with zero attached hydrogens (tertiary/aromatic N) is 1. The van der Waals surface area contributed by atoms with Crippen LogP contribution in [0.3, 0.4) is 0 Å². The number of anilines is 1. The molecular formula is C21H21F3N2O4. The van der Waals surface area contributed by atoms with E-state index in [9.17, 15) is 23.3 Å². The molecule has 0 unspecified atom stereocenters. The molecule has 0 atom stereocenters. The molecule has 0 spiro atoms. The van der Waals surface area contributed by atoms with Gasteiger partial charge in [0.25, 0.3) is 0 Å². The molecule has 3 rings (SSSR count). The van der Waals surface area contributed by atoms with Gasteiger partial charge in [0.05, 0.1) is 4.92 Å². The molecule has 160 valence electrons. The molecular weight excluding hydrogens is 401 g/mol. The van der Waals surface area contributed by atoms with Gasteiger partial charge in [-0.05, 0) is 61.7 Å². The maximum Gasteiger partial charge on any atom is 0.346 e. The molecule has 0 aliphatic rings. The second kappa shape index (κ2) is 10.7. The van der Waals surface area contributed by atoms with E-state index in [1.165, 1.54) is 37.3 Å². The zero-order valence-corrected chi connectivity index (χ0v) is 16.5. The van der Waals surface area contributed by atoms with Gasteiger partial charge in [-0.25, -0.2) is 8.78 Å². The van der Waals surface area contributed by atoms with Crippen molar-refractivity contribution in [2.75, 3.05) is 5.73 Å². The van der Waals surface area contributed by atoms with Crippen molar-refractivity contribution in [3.05, 3.63) is 92.8 Å². The maximum absolute atomic E-state index is 12.7. The Morgan fingerprint density at radius 3 is 1.73 bits per heavy atom. The Hall–Kier alpha value is -3.75. The second-order valence-corrected chi connectivity index (χ2v) is 6.25. The first-order chi connectivity index (χ1) is 13.9. The Morgan fingerprint density at radius 1 is 0.833 bits per heavy atom. The van der Waals surface area contributed by atoms with Crippen LogP contribution in [0.5, 0.6) is 11.5 Å². The number of nitro groups is 1. The molecule has 30 heavy (non-hydrogen) atoms. The van der Waals surface area contributed by atoms with Crippen molar-refractivity contribution in [1.29, 1.82) is 0 Å². The first-order valence-electron chi connectivity index (χ1n) is 8.53. The van der Waals surface area contributed by atoms with Crippen LogP contribution in [-0.2, 0) is 0 Å². The number of nitro benzene ring substituents is 1. The number of hydrogen-bond acceptors (Lipinski definition) is 5. The van der Waals surface area contributed by atoms with Crippen LogP contribution in [0.4, 0.5) is 24.5 Å². The molecule has 4 N–H and O–H groups in total. The summed E-state index contributed by atoms with van der Waals surface area (Å²) in [5.41, 5.74) is 6.91. The van der Waals surface area contributed by atoms with E-state index in [0.717, 1.165) is 17.7 Å². The third-order valence-electron chi connectivity index (χ3n) is 3.90. The SMILES string of the molecule is Cc1ccc(F)c([N+](=O)[O-])c1O.Cc1ccc(F)cc1N.Cc1ccc(F)cc1O. The number of aromatic hydroxyl groups is 2. The molecule has 0 bridgehead atoms. The molecule has 0 aliphatic heterocycles. The van der Waals surface area contributed by atoms with E-state index in [4.69, 9.17) is 15.9 Å². The van der Waals surface area contributed by atoms with Crippen molar-refractivity contribution in [2.45, 2.75) is 20.8 Å². The van der Waals surface area contributed by atoms with Crippen LogP contribution < -0.4 is 5.73 Å². The van der Waals surface area contributed by atoms with Crippen LogP contribution in [-0.4, -0.2) is 15.1 Å². The molecule has 0 aliphatic carbocycles. The average molecular weight is 422 g/mol. The predicted molar refractivity (Wildman–Crippen MR) is 108 cm³/mol. The highest BCUT2D eigenvalue weighted by atomic mass is 19.1. The van der Waals surface area contributed by atoms with E-state index in [1.807, 2.05) is 6.92 Å². The first-order valence-corrected chi connectivity index (χ1v) is 8.53. The van der Waals surface area contributed by atoms with Gasteiger partial charge in [0.2, 0.25) is 11.6 Å². The number of nitrogen functional groups attached to an aromatic ring is 1. The minimum absolute atomic E-state index is 0.00926. The molecule has 3 aromatic carbocycles. The van der Waals surface area contributed by atoms with E-state index < -0.39 is 28.0 Å². The zero-order chi connectivity index (χ0) is 23.0. The van der Waals surface area contributed by atoms with Crippen molar-refractivity contribution in [1.82, 2.24) is 0 Å². The first kappa shape index (κ1) is 24.3. The van der Waals surface area contributed by atoms with E-state index >= 15 is 0 Å². The van der Waals surface area contributed by atoms with Crippen LogP contribution in [0, 0.1) is 48.3 Å². The lowest BCUT2D eigenvalue weighted by atomic mass is 10.2. The molecule has 0 amide bonds. The van der Waals surface area contributed by atoms with E-state index in [1.54, 1.807) is 13.0 Å². The summed E-state index contributed by atoms with van der Waals surface area (Å²) in [5.74, 6) is -2.31. The van der Waals surface area contributed by atoms with Crippen molar-refractivity contribution < 1.29 is 28.3 Å². The number of nitrogens with two attached hydrogens (primary N) is 1. The summed E-state index contributed by atoms with van der Waals surface area (Å²) in [6.07, 6.45) is 0. The standard InChI is InChI=1S/C7H6FNO3.C7H8FN.C7H7FO/c1-4-2-3-5(8)6(7(4)10)9(11)12;2*1-5-2-3-6(8)4-7(5)9/h2-3,10H,1H3;2-4H,9H2,1H3;2-4,9H,1H3. The van der Waals surface area contributed by atoms with Crippen molar-refractivity contribution in [3.63, 3.8) is 0 Å². The minimum Gasteiger partial charge on any atom is -0.508 e. The van der Waals surface area contributed by atoms with Crippen LogP contribution in [0.15, 0.2) is 48.5 Å². The third-order valence-corrected chi connectivity index (χ3v) is 3.90. The average Bonchev–Trinajstić information content (AvgIpc) is 2.66. The Labute approximate surface area is 171 Å². The summed E-state index contributed by atoms with van der Waals surface area (Å²) in [6.45, 7) is 5.02. The quantitative estimate of drug-likeness (QED) is 0.280. The fraction of sp³-hybridized carbons (Fsp3) is 0.143. The lowest BCUT2D eigenvalue weighted by Crippen LogP contribution is -1.93. The minimum atomic E-state index is -1.02. The number of halogens is 3. The summed E-state index contributed by atoms with van der Waals surface area (Å²) in [7, 11) is 0. The molecule has 0 heterocycles. The topological polar surface area (TPSA) is 110 Å². The van der Waals surface area contributed by atoms with Gasteiger partial charge in [0.1, 0.15) is 17.4 Å². The van der Waals surface area contributed by atoms with Gasteiger partial charge >= 0.3 is 5.69 Å². The monoisotopic (exact) mass is 422 g/mol. The van der Waals surface area contributed by atoms with Gasteiger partial charge in [-0.2, -0.15) is 4.39 Å². The molecule has 0 saturated heterocycles. The maximum atomic E-state index is 12.7. The molecule has 6 nitrogen and oxygen atoms in total. The number of phenols is 2. The Morgan fingerprint density at radius 2 is 1.33 bits per heavy atom. The normalized spacial score (nSPS) is 9.67. The number of phenolic OH excluding ortho intramolecular Hbond substituents is 2. The van der Waals surface area contributed by atoms with Gasteiger partial charge in [-0.15, -0.1) is 0 Å². The Bertz CT molecular complexity index is 994. The highest BCUT2D eigenvalue weighted by Crippen LogP contribution is 2.31. The Balaban J connectivity index is 0.000000229. The van der Waals surface area contributed by atoms with E-state index in [0.29, 0.717) is 11.3 Å². The van der Waals surface area contributed by atoms with Crippen molar-refractivity contribution >= 4 is 11.4 Å². The summed E-state index contributed by atoms with van der Waals surface area (Å²) < 4.78 is 37.1. The van der Waals surface area contributed by atoms with Crippen LogP contribution in [0.2, 0.25) is 0 Å². The predicted octanol–water partition coefficient (Wildman–Crippen LogP) is 5.30. The summed E-state index contributed by atoms with van der Waals surface area (Å²) >= 11 is 0. The van der Waals surface area contributed by atoms with Crippen LogP contribution in [0.1, 0.15) is 16.7 Å². The van der Waals surface area contributed by atoms with Gasteiger partial charge in [-0.3, -0.25) is 10.1 Å². The largest absolute Gasteiger partial charge is 0.508 e. The highest BCUT2D eigenvalue weighted by Gasteiger charge is 2.21. The fourth-order valence-corrected chi connectivity index (χ4v) is 2.02. The van der Waals surface area contributed by atoms with Crippen molar-refractivity contribution in [3.8, 4) is 11.5 Å². The molecule has 0 radical (unpaired) electrons. The molecule has 0 saturated carbocycles. The lowest BCUT2D eigenvalue weighted by Gasteiger charge is -1.99. The number of hydrogen-bond donors (Lipinski definition) is 3. The smallest absolute Gasteiger partial charge is 0.346 e. The van der Waals surface area contributed by atoms with Gasteiger partial charge in [-0.1, -0.05) is 18.2 Å². The van der Waals surface area contributed by atoms with Crippen LogP contribution >= 0.6 is 0 Å². The van der Waals surface area contributed by atoms with E-state index in [2.05, 4.69) is 0 Å². The summed E-state index contributed by atoms with van der Waals surface area (Å²) in [4.78, 5) is 9.25. The second-order valence-electron chi connectivity index (χ2n) is 6.25. The zero-order valence-electron chi connectivity index (χ0n) is 16.5. The summed E-state index contributed by atoms with van der Waals surface area (Å²) in [5, 5.41) is 28.1. The van der Waals surface area contributed by atoms with Crippen LogP contribution in [0.25, 0.3) is 0 Å². The van der Waals surface area contributed by atoms with Gasteiger partial charge in [0.15, 0.2) is 0 Å². The number of benzene rings is 3. The molecule has 9 heteroatoms. The third kappa shape index (κ3) is 7.01. The van der Waals surface area contributed by atoms with Gasteiger partial charge in [0, 0.05) is 11.8 Å². The van der Waals surface area contributed by atoms with Gasteiger partial charge < -0.3 is 15.9 Å². The van der Waals surface area contributed by atoms with Crippen molar-refractivity contribution in [2.24, 2.45) is 0 Å².